The van der Waals surface area contributed by atoms with Gasteiger partial charge in [0.05, 0.1) is 0 Å². The first-order valence-corrected chi connectivity index (χ1v) is 11.8. The number of anilines is 1. The molecular formula is C23H34N6O. The van der Waals surface area contributed by atoms with Crippen LogP contribution in [0.2, 0.25) is 0 Å². The fourth-order valence-corrected chi connectivity index (χ4v) is 5.80. The van der Waals surface area contributed by atoms with Gasteiger partial charge in [0, 0.05) is 45.1 Å². The average Bonchev–Trinajstić information content (AvgIpc) is 2.94. The number of aryl methyl sites for hydroxylation is 2. The van der Waals surface area contributed by atoms with E-state index in [2.05, 4.69) is 38.2 Å². The van der Waals surface area contributed by atoms with Crippen LogP contribution in [-0.4, -0.2) is 56.5 Å². The van der Waals surface area contributed by atoms with Crippen LogP contribution < -0.4 is 4.90 Å². The Bertz CT molecular complexity index is 906. The highest BCUT2D eigenvalue weighted by molar-refractivity contribution is 5.84. The first-order chi connectivity index (χ1) is 14.6. The lowest BCUT2D eigenvalue weighted by atomic mass is 9.89. The van der Waals surface area contributed by atoms with Crippen molar-refractivity contribution < 1.29 is 4.79 Å². The zero-order valence-electron chi connectivity index (χ0n) is 18.4. The molecule has 3 aliphatic heterocycles. The third kappa shape index (κ3) is 3.67. The van der Waals surface area contributed by atoms with E-state index in [9.17, 15) is 4.79 Å². The van der Waals surface area contributed by atoms with Crippen LogP contribution in [0.5, 0.6) is 0 Å². The van der Waals surface area contributed by atoms with Gasteiger partial charge in [0.25, 0.3) is 0 Å². The monoisotopic (exact) mass is 410 g/mol. The van der Waals surface area contributed by atoms with Crippen LogP contribution in [0.15, 0.2) is 6.33 Å². The molecule has 162 valence electrons. The second kappa shape index (κ2) is 8.16. The van der Waals surface area contributed by atoms with Gasteiger partial charge in [-0.25, -0.2) is 15.0 Å². The maximum Gasteiger partial charge on any atom is 0.225 e. The van der Waals surface area contributed by atoms with E-state index in [-0.39, 0.29) is 5.92 Å². The van der Waals surface area contributed by atoms with Gasteiger partial charge in [-0.05, 0) is 43.9 Å². The standard InChI is InChI=1S/C23H34N6O/c1-16-12-17(2)14-28(13-16)23(30)18-7-10-27(11-8-18)21-20-22(25-15-24-21)29-9-5-3-4-6-19(29)26-20/h15-18H,3-14H2,1-2H3/t16-,17-/m0/s1. The molecule has 7 heteroatoms. The quantitative estimate of drug-likeness (QED) is 0.760. The zero-order valence-corrected chi connectivity index (χ0v) is 18.4. The molecule has 2 fully saturated rings. The molecule has 0 N–H and O–H groups in total. The molecule has 0 aromatic carbocycles. The number of piperidine rings is 2. The fourth-order valence-electron chi connectivity index (χ4n) is 5.80. The van der Waals surface area contributed by atoms with Gasteiger partial charge < -0.3 is 14.4 Å². The second-order valence-electron chi connectivity index (χ2n) is 9.81. The minimum absolute atomic E-state index is 0.148. The number of hydrogen-bond acceptors (Lipinski definition) is 5. The fraction of sp³-hybridized carbons (Fsp3) is 0.739. The molecule has 5 heterocycles. The maximum atomic E-state index is 13.1. The molecule has 0 saturated carbocycles. The number of rotatable bonds is 2. The van der Waals surface area contributed by atoms with Crippen LogP contribution >= 0.6 is 0 Å². The van der Waals surface area contributed by atoms with Crippen LogP contribution in [0.4, 0.5) is 5.82 Å². The Labute approximate surface area is 178 Å². The van der Waals surface area contributed by atoms with Gasteiger partial charge >= 0.3 is 0 Å². The van der Waals surface area contributed by atoms with Crippen molar-refractivity contribution in [3.8, 4) is 0 Å². The van der Waals surface area contributed by atoms with Crippen LogP contribution in [-0.2, 0) is 17.8 Å². The van der Waals surface area contributed by atoms with E-state index in [1.165, 1.54) is 25.7 Å². The van der Waals surface area contributed by atoms with Gasteiger partial charge in [-0.3, -0.25) is 4.79 Å². The predicted octanol–water partition coefficient (Wildman–Crippen LogP) is 3.27. The minimum atomic E-state index is 0.148. The van der Waals surface area contributed by atoms with Gasteiger partial charge in [0.1, 0.15) is 12.2 Å². The molecular weight excluding hydrogens is 376 g/mol. The van der Waals surface area contributed by atoms with E-state index in [0.29, 0.717) is 17.7 Å². The molecule has 0 bridgehead atoms. The molecule has 2 aromatic rings. The van der Waals surface area contributed by atoms with E-state index in [0.717, 1.165) is 74.8 Å². The Morgan fingerprint density at radius 2 is 1.77 bits per heavy atom. The highest BCUT2D eigenvalue weighted by Crippen LogP contribution is 2.31. The Balaban J connectivity index is 1.30. The molecule has 30 heavy (non-hydrogen) atoms. The zero-order chi connectivity index (χ0) is 20.7. The van der Waals surface area contributed by atoms with Crippen molar-refractivity contribution in [1.82, 2.24) is 24.4 Å². The molecule has 2 atom stereocenters. The number of carbonyl (C=O) groups excluding carboxylic acids is 1. The Morgan fingerprint density at radius 1 is 1.00 bits per heavy atom. The molecule has 2 saturated heterocycles. The van der Waals surface area contributed by atoms with Crippen molar-refractivity contribution >= 4 is 22.9 Å². The molecule has 0 radical (unpaired) electrons. The van der Waals surface area contributed by atoms with Crippen LogP contribution in [0.3, 0.4) is 0 Å². The number of carbonyl (C=O) groups is 1. The minimum Gasteiger partial charge on any atom is -0.355 e. The Morgan fingerprint density at radius 3 is 2.53 bits per heavy atom. The van der Waals surface area contributed by atoms with Crippen LogP contribution in [0, 0.1) is 17.8 Å². The molecule has 0 spiro atoms. The highest BCUT2D eigenvalue weighted by atomic mass is 16.2. The summed E-state index contributed by atoms with van der Waals surface area (Å²) in [5.41, 5.74) is 1.92. The molecule has 7 nitrogen and oxygen atoms in total. The molecule has 0 aliphatic carbocycles. The summed E-state index contributed by atoms with van der Waals surface area (Å²) in [6.45, 7) is 9.13. The van der Waals surface area contributed by atoms with Crippen molar-refractivity contribution in [3.05, 3.63) is 12.2 Å². The first kappa shape index (κ1) is 19.8. The third-order valence-electron chi connectivity index (χ3n) is 7.20. The van der Waals surface area contributed by atoms with E-state index >= 15 is 0 Å². The number of amides is 1. The topological polar surface area (TPSA) is 67.2 Å². The second-order valence-corrected chi connectivity index (χ2v) is 9.81. The summed E-state index contributed by atoms with van der Waals surface area (Å²) in [5, 5.41) is 0. The molecule has 2 aromatic heterocycles. The summed E-state index contributed by atoms with van der Waals surface area (Å²) in [6.07, 6.45) is 9.41. The van der Waals surface area contributed by atoms with Crippen molar-refractivity contribution in [1.29, 1.82) is 0 Å². The van der Waals surface area contributed by atoms with Crippen molar-refractivity contribution in [3.63, 3.8) is 0 Å². The maximum absolute atomic E-state index is 13.1. The predicted molar refractivity (Wildman–Crippen MR) is 117 cm³/mol. The SMILES string of the molecule is C[C@H]1C[C@H](C)CN(C(=O)C2CCN(c3ncnc4c3nc3n4CCCCC3)CC2)C1. The molecule has 5 rings (SSSR count). The van der Waals surface area contributed by atoms with Gasteiger partial charge in [0.2, 0.25) is 5.91 Å². The van der Waals surface area contributed by atoms with Crippen molar-refractivity contribution in [2.75, 3.05) is 31.1 Å². The van der Waals surface area contributed by atoms with Gasteiger partial charge in [-0.2, -0.15) is 0 Å². The summed E-state index contributed by atoms with van der Waals surface area (Å²) in [7, 11) is 0. The molecule has 1 amide bonds. The lowest BCUT2D eigenvalue weighted by molar-refractivity contribution is -0.138. The van der Waals surface area contributed by atoms with E-state index in [1.54, 1.807) is 6.33 Å². The third-order valence-corrected chi connectivity index (χ3v) is 7.20. The largest absolute Gasteiger partial charge is 0.355 e. The van der Waals surface area contributed by atoms with Crippen LogP contribution in [0.1, 0.15) is 58.2 Å². The van der Waals surface area contributed by atoms with Gasteiger partial charge in [0.15, 0.2) is 17.0 Å². The van der Waals surface area contributed by atoms with E-state index in [4.69, 9.17) is 4.98 Å². The summed E-state index contributed by atoms with van der Waals surface area (Å²) in [6, 6.07) is 0. The first-order valence-electron chi connectivity index (χ1n) is 11.8. The van der Waals surface area contributed by atoms with Crippen molar-refractivity contribution in [2.45, 2.75) is 65.3 Å². The van der Waals surface area contributed by atoms with E-state index in [1.807, 2.05) is 0 Å². The number of hydrogen-bond donors (Lipinski definition) is 0. The highest BCUT2D eigenvalue weighted by Gasteiger charge is 2.33. The summed E-state index contributed by atoms with van der Waals surface area (Å²) in [5.74, 6) is 3.85. The Kier molecular flexibility index (Phi) is 5.37. The lowest BCUT2D eigenvalue weighted by Gasteiger charge is -2.39. The Hall–Kier alpha value is -2.18. The summed E-state index contributed by atoms with van der Waals surface area (Å²) in [4.78, 5) is 31.7. The van der Waals surface area contributed by atoms with Crippen molar-refractivity contribution in [2.24, 2.45) is 17.8 Å². The van der Waals surface area contributed by atoms with Gasteiger partial charge in [-0.15, -0.1) is 0 Å². The number of nitrogens with zero attached hydrogens (tertiary/aromatic N) is 6. The molecule has 3 aliphatic rings. The smallest absolute Gasteiger partial charge is 0.225 e. The average molecular weight is 411 g/mol. The van der Waals surface area contributed by atoms with Crippen LogP contribution in [0.25, 0.3) is 11.2 Å². The summed E-state index contributed by atoms with van der Waals surface area (Å²) >= 11 is 0. The number of imidazole rings is 1. The van der Waals surface area contributed by atoms with Gasteiger partial charge in [-0.1, -0.05) is 20.3 Å². The van der Waals surface area contributed by atoms with E-state index < -0.39 is 0 Å². The molecule has 0 unspecified atom stereocenters. The number of fused-ring (bicyclic) bond motifs is 3. The lowest BCUT2D eigenvalue weighted by Crippen LogP contribution is -2.48. The number of likely N-dealkylation sites (tertiary alicyclic amines) is 1. The number of aromatic nitrogens is 4. The summed E-state index contributed by atoms with van der Waals surface area (Å²) < 4.78 is 2.29. The normalized spacial score (nSPS) is 25.9.